The molecule has 1 N–H and O–H groups in total. The molecule has 120 valence electrons. The van der Waals surface area contributed by atoms with E-state index in [0.29, 0.717) is 11.7 Å². The lowest BCUT2D eigenvalue weighted by Crippen LogP contribution is -2.45. The maximum Gasteiger partial charge on any atom is 0.326 e. The van der Waals surface area contributed by atoms with Crippen molar-refractivity contribution in [3.8, 4) is 11.5 Å². The zero-order chi connectivity index (χ0) is 16.6. The summed E-state index contributed by atoms with van der Waals surface area (Å²) in [4.78, 5) is 29.8. The number of carboxylic acids is 1. The molecule has 0 saturated heterocycles. The fourth-order valence-corrected chi connectivity index (χ4v) is 2.55. The van der Waals surface area contributed by atoms with Gasteiger partial charge in [0.1, 0.15) is 11.8 Å². The molecular formula is C17H18N2O4. The van der Waals surface area contributed by atoms with E-state index in [9.17, 15) is 14.7 Å². The van der Waals surface area contributed by atoms with Crippen LogP contribution in [0.1, 0.15) is 36.0 Å². The molecule has 23 heavy (non-hydrogen) atoms. The van der Waals surface area contributed by atoms with Crippen molar-refractivity contribution in [2.45, 2.75) is 38.8 Å². The molecule has 1 aromatic carbocycles. The van der Waals surface area contributed by atoms with Crippen molar-refractivity contribution in [2.75, 3.05) is 0 Å². The van der Waals surface area contributed by atoms with Crippen LogP contribution in [0.4, 0.5) is 0 Å². The van der Waals surface area contributed by atoms with E-state index in [0.717, 1.165) is 18.4 Å². The second-order valence-corrected chi connectivity index (χ2v) is 5.75. The number of rotatable bonds is 5. The van der Waals surface area contributed by atoms with Crippen molar-refractivity contribution in [1.82, 2.24) is 9.88 Å². The zero-order valence-corrected chi connectivity index (χ0v) is 13.0. The molecule has 1 saturated carbocycles. The number of hydrogen-bond acceptors (Lipinski definition) is 4. The molecule has 6 heteroatoms. The van der Waals surface area contributed by atoms with Crippen LogP contribution in [0.15, 0.2) is 34.7 Å². The fourth-order valence-electron chi connectivity index (χ4n) is 2.55. The molecule has 1 aliphatic rings. The Morgan fingerprint density at radius 3 is 2.52 bits per heavy atom. The predicted octanol–water partition coefficient (Wildman–Crippen LogP) is 2.73. The summed E-state index contributed by atoms with van der Waals surface area (Å²) < 4.78 is 5.61. The highest BCUT2D eigenvalue weighted by Crippen LogP contribution is 2.31. The number of benzene rings is 1. The average molecular weight is 314 g/mol. The molecule has 0 bridgehead atoms. The quantitative estimate of drug-likeness (QED) is 0.917. The Labute approximate surface area is 133 Å². The Morgan fingerprint density at radius 2 is 1.96 bits per heavy atom. The lowest BCUT2D eigenvalue weighted by Gasteiger charge is -2.25. The number of aliphatic carboxylic acids is 1. The number of hydrogen-bond donors (Lipinski definition) is 1. The van der Waals surface area contributed by atoms with Crippen molar-refractivity contribution < 1.29 is 19.1 Å². The Kier molecular flexibility index (Phi) is 3.90. The van der Waals surface area contributed by atoms with E-state index in [1.165, 1.54) is 11.8 Å². The molecule has 6 nitrogen and oxygen atoms in total. The van der Waals surface area contributed by atoms with E-state index in [1.807, 2.05) is 30.3 Å². The van der Waals surface area contributed by atoms with Gasteiger partial charge in [-0.1, -0.05) is 18.2 Å². The molecule has 1 atom stereocenters. The zero-order valence-electron chi connectivity index (χ0n) is 13.0. The second kappa shape index (κ2) is 5.87. The molecule has 3 rings (SSSR count). The third kappa shape index (κ3) is 2.97. The number of nitrogens with zero attached hydrogens (tertiary/aromatic N) is 2. The van der Waals surface area contributed by atoms with Crippen LogP contribution in [0.2, 0.25) is 0 Å². The number of carboxylic acid groups (broad SMARTS) is 1. The SMILES string of the molecule is Cc1oc(-c2ccccc2)nc1C(=O)N(C1CC1)C(C)C(=O)O. The average Bonchev–Trinajstić information content (AvgIpc) is 3.29. The van der Waals surface area contributed by atoms with Crippen molar-refractivity contribution in [3.05, 3.63) is 41.8 Å². The first-order valence-corrected chi connectivity index (χ1v) is 7.57. The minimum Gasteiger partial charge on any atom is -0.480 e. The van der Waals surface area contributed by atoms with Gasteiger partial charge in [0.2, 0.25) is 5.89 Å². The highest BCUT2D eigenvalue weighted by atomic mass is 16.4. The normalized spacial score (nSPS) is 15.2. The van der Waals surface area contributed by atoms with Crippen LogP contribution in [0, 0.1) is 6.92 Å². The van der Waals surface area contributed by atoms with Crippen LogP contribution in [-0.2, 0) is 4.79 Å². The van der Waals surface area contributed by atoms with Gasteiger partial charge in [0, 0.05) is 11.6 Å². The van der Waals surface area contributed by atoms with Crippen LogP contribution >= 0.6 is 0 Å². The van der Waals surface area contributed by atoms with Gasteiger partial charge < -0.3 is 14.4 Å². The highest BCUT2D eigenvalue weighted by molar-refractivity contribution is 5.96. The maximum absolute atomic E-state index is 12.8. The largest absolute Gasteiger partial charge is 0.480 e. The molecule has 1 unspecified atom stereocenters. The lowest BCUT2D eigenvalue weighted by molar-refractivity contribution is -0.141. The fraction of sp³-hybridized carbons (Fsp3) is 0.353. The third-order valence-electron chi connectivity index (χ3n) is 3.97. The standard InChI is InChI=1S/C17H18N2O4/c1-10(17(21)22)19(13-8-9-13)16(20)14-11(2)23-15(18-14)12-6-4-3-5-7-12/h3-7,10,13H,8-9H2,1-2H3,(H,21,22). The van der Waals surface area contributed by atoms with E-state index in [1.54, 1.807) is 6.92 Å². The number of aryl methyl sites for hydroxylation is 1. The lowest BCUT2D eigenvalue weighted by atomic mass is 10.2. The summed E-state index contributed by atoms with van der Waals surface area (Å²) in [6, 6.07) is 8.39. The molecule has 1 aliphatic carbocycles. The number of amides is 1. The summed E-state index contributed by atoms with van der Waals surface area (Å²) in [5, 5.41) is 9.24. The van der Waals surface area contributed by atoms with E-state index < -0.39 is 12.0 Å². The number of oxazole rings is 1. The smallest absolute Gasteiger partial charge is 0.326 e. The topological polar surface area (TPSA) is 83.6 Å². The van der Waals surface area contributed by atoms with Crippen LogP contribution in [0.5, 0.6) is 0 Å². The molecule has 0 radical (unpaired) electrons. The van der Waals surface area contributed by atoms with Gasteiger partial charge in [0.25, 0.3) is 5.91 Å². The van der Waals surface area contributed by atoms with E-state index in [2.05, 4.69) is 4.98 Å². The molecule has 1 amide bonds. The van der Waals surface area contributed by atoms with Gasteiger partial charge in [-0.05, 0) is 38.8 Å². The van der Waals surface area contributed by atoms with Crippen LogP contribution < -0.4 is 0 Å². The van der Waals surface area contributed by atoms with E-state index in [4.69, 9.17) is 4.42 Å². The maximum atomic E-state index is 12.8. The van der Waals surface area contributed by atoms with Gasteiger partial charge in [-0.25, -0.2) is 9.78 Å². The summed E-state index contributed by atoms with van der Waals surface area (Å²) >= 11 is 0. The van der Waals surface area contributed by atoms with Crippen LogP contribution in [0.3, 0.4) is 0 Å². The van der Waals surface area contributed by atoms with E-state index in [-0.39, 0.29) is 17.6 Å². The molecule has 1 aromatic heterocycles. The highest BCUT2D eigenvalue weighted by Gasteiger charge is 2.40. The monoisotopic (exact) mass is 314 g/mol. The van der Waals surface area contributed by atoms with Crippen LogP contribution in [-0.4, -0.2) is 39.0 Å². The summed E-state index contributed by atoms with van der Waals surface area (Å²) in [7, 11) is 0. The number of carbonyl (C=O) groups is 2. The third-order valence-corrected chi connectivity index (χ3v) is 3.97. The van der Waals surface area contributed by atoms with Crippen molar-refractivity contribution >= 4 is 11.9 Å². The van der Waals surface area contributed by atoms with Crippen molar-refractivity contribution in [2.24, 2.45) is 0 Å². The molecule has 2 aromatic rings. The van der Waals surface area contributed by atoms with Gasteiger partial charge in [0.15, 0.2) is 5.69 Å². The molecule has 1 fully saturated rings. The second-order valence-electron chi connectivity index (χ2n) is 5.75. The van der Waals surface area contributed by atoms with Gasteiger partial charge in [-0.3, -0.25) is 4.79 Å². The van der Waals surface area contributed by atoms with E-state index >= 15 is 0 Å². The Hall–Kier alpha value is -2.63. The predicted molar refractivity (Wildman–Crippen MR) is 83.0 cm³/mol. The minimum atomic E-state index is -1.02. The Morgan fingerprint density at radius 1 is 1.30 bits per heavy atom. The number of carbonyl (C=O) groups excluding carboxylic acids is 1. The molecular weight excluding hydrogens is 296 g/mol. The van der Waals surface area contributed by atoms with Crippen molar-refractivity contribution in [3.63, 3.8) is 0 Å². The molecule has 0 aliphatic heterocycles. The minimum absolute atomic E-state index is 0.0233. The molecule has 1 heterocycles. The van der Waals surface area contributed by atoms with Crippen molar-refractivity contribution in [1.29, 1.82) is 0 Å². The first kappa shape index (κ1) is 15.3. The summed E-state index contributed by atoms with van der Waals surface area (Å²) in [6.45, 7) is 3.19. The van der Waals surface area contributed by atoms with Gasteiger partial charge >= 0.3 is 5.97 Å². The van der Waals surface area contributed by atoms with Gasteiger partial charge in [-0.15, -0.1) is 0 Å². The first-order valence-electron chi connectivity index (χ1n) is 7.57. The Balaban J connectivity index is 1.93. The first-order chi connectivity index (χ1) is 11.0. The van der Waals surface area contributed by atoms with Crippen LogP contribution in [0.25, 0.3) is 11.5 Å². The summed E-state index contributed by atoms with van der Waals surface area (Å²) in [6.07, 6.45) is 1.65. The van der Waals surface area contributed by atoms with Gasteiger partial charge in [-0.2, -0.15) is 0 Å². The summed E-state index contributed by atoms with van der Waals surface area (Å²) in [5.41, 5.74) is 0.961. The molecule has 0 spiro atoms. The number of aromatic nitrogens is 1. The summed E-state index contributed by atoms with van der Waals surface area (Å²) in [5.74, 6) is -0.636. The van der Waals surface area contributed by atoms with Gasteiger partial charge in [0.05, 0.1) is 0 Å². The Bertz CT molecular complexity index is 734.